The first kappa shape index (κ1) is 30.6. The summed E-state index contributed by atoms with van der Waals surface area (Å²) in [7, 11) is 0. The molecule has 6 rings (SSSR count). The smallest absolute Gasteiger partial charge is 0.315 e. The highest BCUT2D eigenvalue weighted by Gasteiger charge is 2.67. The molecule has 0 saturated heterocycles. The number of fused-ring (bicyclic) bond motifs is 2. The molecule has 2 amide bonds. The van der Waals surface area contributed by atoms with Gasteiger partial charge >= 0.3 is 5.97 Å². The molecule has 4 aromatic rings. The topological polar surface area (TPSA) is 97.8 Å². The van der Waals surface area contributed by atoms with Crippen molar-refractivity contribution >= 4 is 35.0 Å². The summed E-state index contributed by atoms with van der Waals surface area (Å²) in [6.07, 6.45) is 1.42. The number of ether oxygens (including phenoxy) is 1. The summed E-state index contributed by atoms with van der Waals surface area (Å²) < 4.78 is 5.87. The van der Waals surface area contributed by atoms with Crippen LogP contribution in [-0.2, 0) is 31.1 Å². The lowest BCUT2D eigenvalue weighted by molar-refractivity contribution is -0.153. The highest BCUT2D eigenvalue weighted by Crippen LogP contribution is 2.58. The maximum absolute atomic E-state index is 14.8. The van der Waals surface area contributed by atoms with Crippen LogP contribution in [0.2, 0.25) is 0 Å². The zero-order valence-electron chi connectivity index (χ0n) is 25.9. The maximum atomic E-state index is 14.8. The number of carbonyl (C=O) groups is 5. The molecule has 3 atom stereocenters. The van der Waals surface area contributed by atoms with Crippen molar-refractivity contribution in [2.45, 2.75) is 39.2 Å². The van der Waals surface area contributed by atoms with Gasteiger partial charge in [-0.25, -0.2) is 4.90 Å². The molecule has 1 heterocycles. The molecule has 1 unspecified atom stereocenters. The minimum absolute atomic E-state index is 0.0668. The first-order chi connectivity index (χ1) is 22.1. The highest BCUT2D eigenvalue weighted by molar-refractivity contribution is 6.26. The Morgan fingerprint density at radius 1 is 0.761 bits per heavy atom. The van der Waals surface area contributed by atoms with E-state index in [0.29, 0.717) is 22.4 Å². The van der Waals surface area contributed by atoms with Crippen LogP contribution in [0.15, 0.2) is 115 Å². The van der Waals surface area contributed by atoms with Crippen molar-refractivity contribution in [2.75, 3.05) is 4.90 Å². The van der Waals surface area contributed by atoms with Crippen molar-refractivity contribution in [3.63, 3.8) is 0 Å². The van der Waals surface area contributed by atoms with Crippen LogP contribution in [0, 0.1) is 25.7 Å². The molecule has 0 saturated carbocycles. The van der Waals surface area contributed by atoms with Crippen molar-refractivity contribution in [1.82, 2.24) is 0 Å². The van der Waals surface area contributed by atoms with Gasteiger partial charge in [-0.15, -0.1) is 0 Å². The summed E-state index contributed by atoms with van der Waals surface area (Å²) in [4.78, 5) is 71.4. The van der Waals surface area contributed by atoms with Crippen LogP contribution in [0.5, 0.6) is 0 Å². The molecular weight excluding hydrogens is 578 g/mol. The van der Waals surface area contributed by atoms with Gasteiger partial charge in [0, 0.05) is 36.0 Å². The number of benzene rings is 4. The van der Waals surface area contributed by atoms with Gasteiger partial charge < -0.3 is 4.74 Å². The summed E-state index contributed by atoms with van der Waals surface area (Å²) in [6.45, 7) is 5.02. The second-order valence-corrected chi connectivity index (χ2v) is 12.0. The Morgan fingerprint density at radius 3 is 1.98 bits per heavy atom. The first-order valence-corrected chi connectivity index (χ1v) is 15.2. The number of esters is 1. The van der Waals surface area contributed by atoms with Crippen LogP contribution in [0.4, 0.5) is 5.69 Å². The monoisotopic (exact) mass is 611 g/mol. The standard InChI is InChI=1S/C39H33NO6/c1-24-13-17-28(18-14-24)34(42)22-30-21-31(36(43)29-19-15-25(2)16-20-29)35(37(44)46-23-27-9-5-4-6-10-27)39(30)32-11-7-8-12-33(32)40(26(3)41)38(39)45/h4-21,30,35H,22-23H2,1-3H3/t30-,35?,39-/m0/s1. The Bertz CT molecular complexity index is 1890. The first-order valence-electron chi connectivity index (χ1n) is 15.2. The van der Waals surface area contributed by atoms with E-state index in [1.54, 1.807) is 66.7 Å². The van der Waals surface area contributed by atoms with Gasteiger partial charge in [-0.05, 0) is 31.0 Å². The highest BCUT2D eigenvalue weighted by atomic mass is 16.5. The van der Waals surface area contributed by atoms with Crippen molar-refractivity contribution in [3.8, 4) is 0 Å². The molecular formula is C39H33NO6. The fraction of sp³-hybridized carbons (Fsp3) is 0.205. The van der Waals surface area contributed by atoms with Crippen LogP contribution in [0.25, 0.3) is 0 Å². The van der Waals surface area contributed by atoms with E-state index in [-0.39, 0.29) is 24.4 Å². The molecule has 0 bridgehead atoms. The number of anilines is 1. The Kier molecular flexibility index (Phi) is 8.09. The van der Waals surface area contributed by atoms with Gasteiger partial charge in [0.25, 0.3) is 0 Å². The summed E-state index contributed by atoms with van der Waals surface area (Å²) in [5.74, 6) is -5.03. The predicted octanol–water partition coefficient (Wildman–Crippen LogP) is 6.51. The zero-order chi connectivity index (χ0) is 32.6. The SMILES string of the molecule is CC(=O)N1C(=O)[C@@]2(c3ccccc31)C(C(=O)OCc1ccccc1)C(C(=O)c1ccc(C)cc1)=C[C@H]2CC(=O)c1ccc(C)cc1. The van der Waals surface area contributed by atoms with Crippen LogP contribution in [0.1, 0.15) is 56.3 Å². The lowest BCUT2D eigenvalue weighted by Crippen LogP contribution is -2.52. The average Bonchev–Trinajstić information content (AvgIpc) is 3.53. The number of hydrogen-bond acceptors (Lipinski definition) is 6. The minimum atomic E-state index is -1.77. The summed E-state index contributed by atoms with van der Waals surface area (Å²) in [5.41, 5.74) is 2.46. The van der Waals surface area contributed by atoms with Gasteiger partial charge in [-0.3, -0.25) is 24.0 Å². The summed E-state index contributed by atoms with van der Waals surface area (Å²) in [6, 6.07) is 29.9. The van der Waals surface area contributed by atoms with E-state index in [4.69, 9.17) is 4.74 Å². The lowest BCUT2D eigenvalue weighted by Gasteiger charge is -2.35. The average molecular weight is 612 g/mol. The zero-order valence-corrected chi connectivity index (χ0v) is 25.9. The number of rotatable bonds is 8. The van der Waals surface area contributed by atoms with Gasteiger partial charge in [0.05, 0.1) is 5.69 Å². The number of imide groups is 1. The van der Waals surface area contributed by atoms with Crippen LogP contribution in [-0.4, -0.2) is 29.4 Å². The van der Waals surface area contributed by atoms with Crippen LogP contribution >= 0.6 is 0 Å². The largest absolute Gasteiger partial charge is 0.460 e. The Hall–Kier alpha value is -5.43. The summed E-state index contributed by atoms with van der Waals surface area (Å²) in [5, 5.41) is 0. The van der Waals surface area contributed by atoms with Gasteiger partial charge in [-0.2, -0.15) is 0 Å². The molecule has 46 heavy (non-hydrogen) atoms. The molecule has 7 heteroatoms. The number of nitrogens with zero attached hydrogens (tertiary/aromatic N) is 1. The van der Waals surface area contributed by atoms with Crippen molar-refractivity contribution in [3.05, 3.63) is 148 Å². The third-order valence-electron chi connectivity index (χ3n) is 9.01. The second kappa shape index (κ2) is 12.2. The Morgan fingerprint density at radius 2 is 1.35 bits per heavy atom. The molecule has 1 aliphatic carbocycles. The molecule has 1 aliphatic heterocycles. The molecule has 4 aromatic carbocycles. The van der Waals surface area contributed by atoms with E-state index in [2.05, 4.69) is 0 Å². The number of amides is 2. The van der Waals surface area contributed by atoms with E-state index >= 15 is 0 Å². The van der Waals surface area contributed by atoms with Crippen molar-refractivity contribution in [1.29, 1.82) is 0 Å². The molecule has 0 radical (unpaired) electrons. The number of carbonyl (C=O) groups excluding carboxylic acids is 5. The van der Waals surface area contributed by atoms with Crippen LogP contribution < -0.4 is 4.90 Å². The van der Waals surface area contributed by atoms with Crippen molar-refractivity contribution < 1.29 is 28.7 Å². The fourth-order valence-corrected chi connectivity index (χ4v) is 6.76. The Labute approximate surface area is 267 Å². The van der Waals surface area contributed by atoms with E-state index in [1.807, 2.05) is 56.3 Å². The Balaban J connectivity index is 1.53. The van der Waals surface area contributed by atoms with Crippen LogP contribution in [0.3, 0.4) is 0 Å². The maximum Gasteiger partial charge on any atom is 0.315 e. The van der Waals surface area contributed by atoms with Gasteiger partial charge in [-0.1, -0.05) is 114 Å². The lowest BCUT2D eigenvalue weighted by atomic mass is 9.64. The van der Waals surface area contributed by atoms with E-state index < -0.39 is 40.8 Å². The third-order valence-corrected chi connectivity index (χ3v) is 9.01. The van der Waals surface area contributed by atoms with Crippen molar-refractivity contribution in [2.24, 2.45) is 11.8 Å². The fourth-order valence-electron chi connectivity index (χ4n) is 6.76. The molecule has 2 aliphatic rings. The second-order valence-electron chi connectivity index (χ2n) is 12.0. The normalized spacial score (nSPS) is 19.9. The summed E-state index contributed by atoms with van der Waals surface area (Å²) >= 11 is 0. The number of para-hydroxylation sites is 1. The van der Waals surface area contributed by atoms with E-state index in [0.717, 1.165) is 21.6 Å². The number of aryl methyl sites for hydroxylation is 2. The molecule has 7 nitrogen and oxygen atoms in total. The number of Topliss-reactive ketones (excluding diaryl/α,β-unsaturated/α-hetero) is 2. The van der Waals surface area contributed by atoms with Gasteiger partial charge in [0.1, 0.15) is 17.9 Å². The number of allylic oxidation sites excluding steroid dienone is 1. The molecule has 0 fully saturated rings. The number of ketones is 2. The van der Waals surface area contributed by atoms with E-state index in [9.17, 15) is 24.0 Å². The molecule has 1 spiro atoms. The molecule has 230 valence electrons. The van der Waals surface area contributed by atoms with Gasteiger partial charge in [0.2, 0.25) is 11.8 Å². The third kappa shape index (κ3) is 5.17. The minimum Gasteiger partial charge on any atom is -0.460 e. The van der Waals surface area contributed by atoms with E-state index in [1.165, 1.54) is 6.92 Å². The molecule has 0 N–H and O–H groups in total. The number of hydrogen-bond donors (Lipinski definition) is 0. The van der Waals surface area contributed by atoms with Gasteiger partial charge in [0.15, 0.2) is 11.6 Å². The quantitative estimate of drug-likeness (QED) is 0.167. The predicted molar refractivity (Wildman–Crippen MR) is 173 cm³/mol. The molecule has 0 aromatic heterocycles.